The molecular weight excluding hydrogens is 395 g/mol. The number of sulfone groups is 1. The van der Waals surface area contributed by atoms with E-state index in [9.17, 15) is 13.2 Å². The molecule has 0 spiro atoms. The van der Waals surface area contributed by atoms with Crippen LogP contribution in [0.15, 0.2) is 23.2 Å². The standard InChI is InChI=1S/C14H14Cl2N2O4S2/c1-22-5-13(19)17-14-18(10-4-8(15)2-3-9(10)16)11-6-24(20,21)7-12(11)23-14/h2-4,11-12H,5-7H2,1H3. The van der Waals surface area contributed by atoms with Crippen LogP contribution in [-0.4, -0.2) is 56.0 Å². The predicted octanol–water partition coefficient (Wildman–Crippen LogP) is 2.24. The monoisotopic (exact) mass is 408 g/mol. The third-order valence-electron chi connectivity index (χ3n) is 3.72. The van der Waals surface area contributed by atoms with Crippen molar-refractivity contribution >= 4 is 61.6 Å². The van der Waals surface area contributed by atoms with E-state index in [1.165, 1.54) is 18.9 Å². The normalized spacial score (nSPS) is 26.8. The van der Waals surface area contributed by atoms with Gasteiger partial charge in [-0.1, -0.05) is 35.0 Å². The van der Waals surface area contributed by atoms with E-state index in [0.29, 0.717) is 20.9 Å². The molecule has 2 aliphatic heterocycles. The van der Waals surface area contributed by atoms with Gasteiger partial charge in [-0.3, -0.25) is 4.79 Å². The maximum Gasteiger partial charge on any atom is 0.274 e. The number of methoxy groups -OCH3 is 1. The molecule has 10 heteroatoms. The number of hydrogen-bond donors (Lipinski definition) is 0. The van der Waals surface area contributed by atoms with Gasteiger partial charge in [-0.25, -0.2) is 8.42 Å². The minimum Gasteiger partial charge on any atom is -0.375 e. The summed E-state index contributed by atoms with van der Waals surface area (Å²) in [7, 11) is -1.73. The van der Waals surface area contributed by atoms with Crippen molar-refractivity contribution in [2.75, 3.05) is 30.1 Å². The second kappa shape index (κ2) is 6.84. The van der Waals surface area contributed by atoms with Crippen molar-refractivity contribution in [1.29, 1.82) is 0 Å². The van der Waals surface area contributed by atoms with Crippen LogP contribution in [0.2, 0.25) is 10.0 Å². The van der Waals surface area contributed by atoms with Crippen LogP contribution in [0.4, 0.5) is 5.69 Å². The molecule has 2 atom stereocenters. The van der Waals surface area contributed by atoms with E-state index in [-0.39, 0.29) is 29.4 Å². The summed E-state index contributed by atoms with van der Waals surface area (Å²) in [6.45, 7) is -0.144. The number of carbonyl (C=O) groups excluding carboxylic acids is 1. The van der Waals surface area contributed by atoms with Crippen molar-refractivity contribution in [3.05, 3.63) is 28.2 Å². The van der Waals surface area contributed by atoms with Crippen molar-refractivity contribution in [3.8, 4) is 0 Å². The molecule has 2 unspecified atom stereocenters. The number of thioether (sulfide) groups is 1. The van der Waals surface area contributed by atoms with E-state index in [2.05, 4.69) is 4.99 Å². The second-order valence-electron chi connectivity index (χ2n) is 5.49. The number of nitrogens with zero attached hydrogens (tertiary/aromatic N) is 2. The zero-order valence-electron chi connectivity index (χ0n) is 12.6. The molecule has 0 saturated carbocycles. The molecule has 0 aromatic heterocycles. The van der Waals surface area contributed by atoms with Crippen LogP contribution in [0, 0.1) is 0 Å². The van der Waals surface area contributed by atoms with Gasteiger partial charge in [0.05, 0.1) is 28.3 Å². The molecule has 2 heterocycles. The summed E-state index contributed by atoms with van der Waals surface area (Å²) >= 11 is 13.6. The first-order valence-corrected chi connectivity index (χ1v) is 10.5. The molecule has 0 radical (unpaired) electrons. The van der Waals surface area contributed by atoms with E-state index in [0.717, 1.165) is 0 Å². The van der Waals surface area contributed by atoms with Gasteiger partial charge in [-0.15, -0.1) is 0 Å². The predicted molar refractivity (Wildman–Crippen MR) is 97.1 cm³/mol. The average molecular weight is 409 g/mol. The summed E-state index contributed by atoms with van der Waals surface area (Å²) in [5.74, 6) is -0.398. The minimum atomic E-state index is -3.13. The molecular formula is C14H14Cl2N2O4S2. The molecule has 1 aromatic carbocycles. The van der Waals surface area contributed by atoms with Gasteiger partial charge < -0.3 is 9.64 Å². The van der Waals surface area contributed by atoms with E-state index in [4.69, 9.17) is 27.9 Å². The molecule has 0 N–H and O–H groups in total. The lowest BCUT2D eigenvalue weighted by Crippen LogP contribution is -2.38. The summed E-state index contributed by atoms with van der Waals surface area (Å²) in [5, 5.41) is 1.10. The Balaban J connectivity index is 2.04. The molecule has 0 bridgehead atoms. The van der Waals surface area contributed by atoms with Gasteiger partial charge >= 0.3 is 0 Å². The average Bonchev–Trinajstić information content (AvgIpc) is 2.93. The fourth-order valence-corrected chi connectivity index (χ4v) is 7.08. The Labute approximate surface area is 154 Å². The summed E-state index contributed by atoms with van der Waals surface area (Å²) in [6, 6.07) is 4.60. The van der Waals surface area contributed by atoms with Gasteiger partial charge in [-0.05, 0) is 18.2 Å². The Morgan fingerprint density at radius 2 is 2.17 bits per heavy atom. The molecule has 1 aromatic rings. The topological polar surface area (TPSA) is 76.0 Å². The highest BCUT2D eigenvalue weighted by Crippen LogP contribution is 2.43. The van der Waals surface area contributed by atoms with Crippen molar-refractivity contribution < 1.29 is 17.9 Å². The minimum absolute atomic E-state index is 0.00893. The van der Waals surface area contributed by atoms with Gasteiger partial charge in [-0.2, -0.15) is 4.99 Å². The quantitative estimate of drug-likeness (QED) is 0.762. The number of rotatable bonds is 3. The first-order valence-electron chi connectivity index (χ1n) is 7.02. The summed E-state index contributed by atoms with van der Waals surface area (Å²) in [6.07, 6.45) is 0. The van der Waals surface area contributed by atoms with Crippen molar-refractivity contribution in [1.82, 2.24) is 0 Å². The third kappa shape index (κ3) is 3.57. The van der Waals surface area contributed by atoms with Crippen LogP contribution < -0.4 is 4.90 Å². The van der Waals surface area contributed by atoms with Crippen LogP contribution in [0.1, 0.15) is 0 Å². The molecule has 0 aliphatic carbocycles. The maximum absolute atomic E-state index is 12.0. The maximum atomic E-state index is 12.0. The number of halogens is 2. The Bertz CT molecular complexity index is 813. The number of fused-ring (bicyclic) bond motifs is 1. The SMILES string of the molecule is COCC(=O)N=C1SC2CS(=O)(=O)CC2N1c1cc(Cl)ccc1Cl. The Kier molecular flexibility index (Phi) is 5.13. The smallest absolute Gasteiger partial charge is 0.274 e. The second-order valence-corrected chi connectivity index (χ2v) is 9.69. The number of amidine groups is 1. The summed E-state index contributed by atoms with van der Waals surface area (Å²) in [5.41, 5.74) is 0.547. The first kappa shape index (κ1) is 18.0. The molecule has 24 heavy (non-hydrogen) atoms. The van der Waals surface area contributed by atoms with Crippen LogP contribution in [0.3, 0.4) is 0 Å². The van der Waals surface area contributed by atoms with E-state index >= 15 is 0 Å². The molecule has 2 fully saturated rings. The molecule has 1 amide bonds. The highest BCUT2D eigenvalue weighted by molar-refractivity contribution is 8.16. The summed E-state index contributed by atoms with van der Waals surface area (Å²) < 4.78 is 28.8. The Hall–Kier alpha value is -0.800. The molecule has 2 saturated heterocycles. The number of benzene rings is 1. The van der Waals surface area contributed by atoms with E-state index in [1.807, 2.05) is 0 Å². The number of hydrogen-bond acceptors (Lipinski definition) is 5. The van der Waals surface area contributed by atoms with Gasteiger partial charge in [0.25, 0.3) is 5.91 Å². The zero-order valence-corrected chi connectivity index (χ0v) is 15.8. The Morgan fingerprint density at radius 3 is 2.88 bits per heavy atom. The van der Waals surface area contributed by atoms with Crippen LogP contribution in [0.25, 0.3) is 0 Å². The van der Waals surface area contributed by atoms with E-state index in [1.54, 1.807) is 23.1 Å². The van der Waals surface area contributed by atoms with Gasteiger partial charge in [0.2, 0.25) is 0 Å². The van der Waals surface area contributed by atoms with Crippen molar-refractivity contribution in [2.24, 2.45) is 4.99 Å². The number of amides is 1. The van der Waals surface area contributed by atoms with Crippen molar-refractivity contribution in [2.45, 2.75) is 11.3 Å². The third-order valence-corrected chi connectivity index (χ3v) is 7.49. The molecule has 6 nitrogen and oxygen atoms in total. The largest absolute Gasteiger partial charge is 0.375 e. The van der Waals surface area contributed by atoms with Crippen molar-refractivity contribution in [3.63, 3.8) is 0 Å². The number of ether oxygens (including phenoxy) is 1. The molecule has 3 rings (SSSR count). The van der Waals surface area contributed by atoms with Gasteiger partial charge in [0, 0.05) is 17.4 Å². The highest BCUT2D eigenvalue weighted by Gasteiger charge is 2.49. The molecule has 130 valence electrons. The van der Waals surface area contributed by atoms with Gasteiger partial charge in [0.15, 0.2) is 15.0 Å². The Morgan fingerprint density at radius 1 is 1.42 bits per heavy atom. The lowest BCUT2D eigenvalue weighted by Gasteiger charge is -2.25. The fraction of sp³-hybridized carbons (Fsp3) is 0.429. The molecule has 2 aliphatic rings. The van der Waals surface area contributed by atoms with E-state index < -0.39 is 15.7 Å². The van der Waals surface area contributed by atoms with Gasteiger partial charge in [0.1, 0.15) is 6.61 Å². The highest BCUT2D eigenvalue weighted by atomic mass is 35.5. The summed E-state index contributed by atoms with van der Waals surface area (Å²) in [4.78, 5) is 17.6. The first-order chi connectivity index (χ1) is 11.3. The lowest BCUT2D eigenvalue weighted by atomic mass is 10.2. The number of anilines is 1. The number of aliphatic imine (C=N–C) groups is 1. The lowest BCUT2D eigenvalue weighted by molar-refractivity contribution is -0.121. The zero-order chi connectivity index (χ0) is 17.5. The fourth-order valence-electron chi connectivity index (χ4n) is 2.78. The van der Waals surface area contributed by atoms with Crippen LogP contribution in [-0.2, 0) is 19.4 Å². The van der Waals surface area contributed by atoms with Crippen LogP contribution >= 0.6 is 35.0 Å². The van der Waals surface area contributed by atoms with Crippen LogP contribution in [0.5, 0.6) is 0 Å². The number of carbonyl (C=O) groups is 1.